The number of nitrogens with one attached hydrogen (secondary N) is 2. The molecule has 0 heterocycles. The molecule has 1 atom stereocenters. The Hall–Kier alpha value is -0.280. The highest BCUT2D eigenvalue weighted by molar-refractivity contribution is 6.33. The first kappa shape index (κ1) is 16.8. The second-order valence-corrected chi connectivity index (χ2v) is 6.24. The summed E-state index contributed by atoms with van der Waals surface area (Å²) in [6.07, 6.45) is 0.897. The van der Waals surface area contributed by atoms with Crippen LogP contribution < -0.4 is 10.6 Å². The van der Waals surface area contributed by atoms with Gasteiger partial charge < -0.3 is 10.6 Å². The predicted octanol–water partition coefficient (Wildman–Crippen LogP) is 3.76. The molecule has 4 heteroatoms. The summed E-state index contributed by atoms with van der Waals surface area (Å²) in [4.78, 5) is 0. The van der Waals surface area contributed by atoms with Gasteiger partial charge in [0.05, 0.1) is 0 Å². The fraction of sp³-hybridized carbons (Fsp3) is 0.600. The predicted molar refractivity (Wildman–Crippen MR) is 85.3 cm³/mol. The highest BCUT2D eigenvalue weighted by Gasteiger charge is 2.04. The highest BCUT2D eigenvalue weighted by Crippen LogP contribution is 2.20. The molecule has 0 saturated carbocycles. The van der Waals surface area contributed by atoms with E-state index in [0.717, 1.165) is 41.7 Å². The van der Waals surface area contributed by atoms with Crippen LogP contribution in [0.25, 0.3) is 0 Å². The van der Waals surface area contributed by atoms with Gasteiger partial charge >= 0.3 is 0 Å². The summed E-state index contributed by atoms with van der Waals surface area (Å²) in [6.45, 7) is 9.57. The van der Waals surface area contributed by atoms with Gasteiger partial charge in [0.15, 0.2) is 0 Å². The van der Waals surface area contributed by atoms with Gasteiger partial charge in [0.2, 0.25) is 0 Å². The molecule has 1 rings (SSSR count). The maximum atomic E-state index is 6.13. The largest absolute Gasteiger partial charge is 0.315 e. The third-order valence-corrected chi connectivity index (χ3v) is 3.50. The second-order valence-electron chi connectivity index (χ2n) is 5.39. The standard InChI is InChI=1S/C15H24Cl2N2/c1-11(2)9-18-10-12(3)19-7-6-13-8-14(16)4-5-15(13)17/h4-5,8,11-12,18-19H,6-7,9-10H2,1-3H3. The van der Waals surface area contributed by atoms with Gasteiger partial charge in [0.1, 0.15) is 0 Å². The molecular formula is C15H24Cl2N2. The van der Waals surface area contributed by atoms with Crippen LogP contribution in [-0.2, 0) is 6.42 Å². The quantitative estimate of drug-likeness (QED) is 0.764. The lowest BCUT2D eigenvalue weighted by Crippen LogP contribution is -2.38. The molecule has 0 amide bonds. The van der Waals surface area contributed by atoms with E-state index in [0.29, 0.717) is 12.0 Å². The van der Waals surface area contributed by atoms with Crippen LogP contribution in [0.2, 0.25) is 10.0 Å². The summed E-state index contributed by atoms with van der Waals surface area (Å²) in [5.41, 5.74) is 1.10. The Morgan fingerprint density at radius 3 is 2.53 bits per heavy atom. The van der Waals surface area contributed by atoms with Gasteiger partial charge in [-0.3, -0.25) is 0 Å². The van der Waals surface area contributed by atoms with Crippen LogP contribution in [0.5, 0.6) is 0 Å². The number of benzene rings is 1. The topological polar surface area (TPSA) is 24.1 Å². The molecule has 1 unspecified atom stereocenters. The Morgan fingerprint density at radius 2 is 1.84 bits per heavy atom. The Kier molecular flexibility index (Phi) is 7.77. The lowest BCUT2D eigenvalue weighted by Gasteiger charge is -2.16. The van der Waals surface area contributed by atoms with Crippen molar-refractivity contribution in [2.75, 3.05) is 19.6 Å². The minimum absolute atomic E-state index is 0.455. The van der Waals surface area contributed by atoms with E-state index in [2.05, 4.69) is 31.4 Å². The van der Waals surface area contributed by atoms with Crippen molar-refractivity contribution in [3.63, 3.8) is 0 Å². The van der Waals surface area contributed by atoms with E-state index in [1.807, 2.05) is 18.2 Å². The number of rotatable bonds is 8. The Labute approximate surface area is 126 Å². The van der Waals surface area contributed by atoms with E-state index >= 15 is 0 Å². The van der Waals surface area contributed by atoms with Gasteiger partial charge in [0.25, 0.3) is 0 Å². The molecule has 2 nitrogen and oxygen atoms in total. The molecule has 0 spiro atoms. The van der Waals surface area contributed by atoms with Crippen molar-refractivity contribution in [3.05, 3.63) is 33.8 Å². The Morgan fingerprint density at radius 1 is 1.11 bits per heavy atom. The van der Waals surface area contributed by atoms with Crippen molar-refractivity contribution in [2.24, 2.45) is 5.92 Å². The molecule has 2 N–H and O–H groups in total. The lowest BCUT2D eigenvalue weighted by atomic mass is 10.1. The molecule has 0 aromatic heterocycles. The molecule has 0 aliphatic heterocycles. The van der Waals surface area contributed by atoms with E-state index in [1.54, 1.807) is 0 Å². The summed E-state index contributed by atoms with van der Waals surface area (Å²) in [5.74, 6) is 0.692. The normalized spacial score (nSPS) is 12.9. The van der Waals surface area contributed by atoms with Crippen LogP contribution in [0.1, 0.15) is 26.3 Å². The van der Waals surface area contributed by atoms with Gasteiger partial charge in [-0.2, -0.15) is 0 Å². The monoisotopic (exact) mass is 302 g/mol. The molecule has 1 aromatic carbocycles. The molecule has 0 bridgehead atoms. The SMILES string of the molecule is CC(C)CNCC(C)NCCc1cc(Cl)ccc1Cl. The molecule has 19 heavy (non-hydrogen) atoms. The lowest BCUT2D eigenvalue weighted by molar-refractivity contribution is 0.474. The summed E-state index contributed by atoms with van der Waals surface area (Å²) in [6, 6.07) is 6.07. The molecule has 1 aromatic rings. The van der Waals surface area contributed by atoms with Gasteiger partial charge in [-0.1, -0.05) is 37.0 Å². The van der Waals surface area contributed by atoms with E-state index in [-0.39, 0.29) is 0 Å². The van der Waals surface area contributed by atoms with Crippen LogP contribution in [0.3, 0.4) is 0 Å². The summed E-state index contributed by atoms with van der Waals surface area (Å²) >= 11 is 12.1. The average molecular weight is 303 g/mol. The van der Waals surface area contributed by atoms with Gasteiger partial charge in [-0.15, -0.1) is 0 Å². The van der Waals surface area contributed by atoms with E-state index in [4.69, 9.17) is 23.2 Å². The first-order chi connectivity index (χ1) is 8.99. The zero-order valence-electron chi connectivity index (χ0n) is 12.0. The first-order valence-electron chi connectivity index (χ1n) is 6.87. The number of hydrogen-bond acceptors (Lipinski definition) is 2. The maximum absolute atomic E-state index is 6.13. The Balaban J connectivity index is 2.24. The molecule has 0 fully saturated rings. The van der Waals surface area contributed by atoms with Crippen molar-refractivity contribution in [3.8, 4) is 0 Å². The average Bonchev–Trinajstić information content (AvgIpc) is 2.33. The minimum Gasteiger partial charge on any atom is -0.315 e. The van der Waals surface area contributed by atoms with Gasteiger partial charge in [-0.25, -0.2) is 0 Å². The zero-order valence-corrected chi connectivity index (χ0v) is 13.5. The molecule has 0 aliphatic rings. The third kappa shape index (κ3) is 7.17. The molecule has 0 saturated heterocycles. The molecule has 0 aliphatic carbocycles. The van der Waals surface area contributed by atoms with Gasteiger partial charge in [-0.05, 0) is 56.1 Å². The van der Waals surface area contributed by atoms with Crippen LogP contribution >= 0.6 is 23.2 Å². The highest BCUT2D eigenvalue weighted by atomic mass is 35.5. The first-order valence-corrected chi connectivity index (χ1v) is 7.62. The van der Waals surface area contributed by atoms with Crippen molar-refractivity contribution in [2.45, 2.75) is 33.2 Å². The number of hydrogen-bond donors (Lipinski definition) is 2. The summed E-state index contributed by atoms with van der Waals surface area (Å²) in [7, 11) is 0. The maximum Gasteiger partial charge on any atom is 0.0439 e. The van der Waals surface area contributed by atoms with E-state index < -0.39 is 0 Å². The van der Waals surface area contributed by atoms with E-state index in [9.17, 15) is 0 Å². The van der Waals surface area contributed by atoms with Crippen molar-refractivity contribution in [1.29, 1.82) is 0 Å². The minimum atomic E-state index is 0.455. The Bertz CT molecular complexity index is 380. The second kappa shape index (κ2) is 8.80. The molecule has 108 valence electrons. The fourth-order valence-corrected chi connectivity index (χ4v) is 2.26. The van der Waals surface area contributed by atoms with Crippen molar-refractivity contribution < 1.29 is 0 Å². The smallest absolute Gasteiger partial charge is 0.0439 e. The van der Waals surface area contributed by atoms with E-state index in [1.165, 1.54) is 0 Å². The van der Waals surface area contributed by atoms with Crippen LogP contribution in [0, 0.1) is 5.92 Å². The fourth-order valence-electron chi connectivity index (χ4n) is 1.85. The van der Waals surface area contributed by atoms with Crippen LogP contribution in [-0.4, -0.2) is 25.7 Å². The third-order valence-electron chi connectivity index (χ3n) is 2.90. The van der Waals surface area contributed by atoms with Crippen molar-refractivity contribution in [1.82, 2.24) is 10.6 Å². The van der Waals surface area contributed by atoms with Crippen molar-refractivity contribution >= 4 is 23.2 Å². The van der Waals surface area contributed by atoms with Crippen LogP contribution in [0.15, 0.2) is 18.2 Å². The number of halogens is 2. The summed E-state index contributed by atoms with van der Waals surface area (Å²) in [5, 5.41) is 8.46. The molecule has 0 radical (unpaired) electrons. The molecular weight excluding hydrogens is 279 g/mol. The van der Waals surface area contributed by atoms with Crippen LogP contribution in [0.4, 0.5) is 0 Å². The zero-order chi connectivity index (χ0) is 14.3. The summed E-state index contributed by atoms with van der Waals surface area (Å²) < 4.78 is 0. The van der Waals surface area contributed by atoms with Gasteiger partial charge in [0, 0.05) is 22.6 Å².